The average molecular weight is 175 g/mol. The molecule has 0 aliphatic rings. The lowest BCUT2D eigenvalue weighted by molar-refractivity contribution is 0.668. The maximum Gasteiger partial charge on any atom is 0.0926 e. The number of nitrogens with zero attached hydrogens (tertiary/aromatic N) is 2. The molecule has 0 fully saturated rings. The summed E-state index contributed by atoms with van der Waals surface area (Å²) in [5, 5.41) is 5.57. The fourth-order valence-electron chi connectivity index (χ4n) is 1.49. The number of hydrogen-bond donors (Lipinski definition) is 1. The number of benzene rings is 1. The summed E-state index contributed by atoms with van der Waals surface area (Å²) in [6.45, 7) is 3.55. The summed E-state index contributed by atoms with van der Waals surface area (Å²) >= 11 is 0. The Morgan fingerprint density at radius 2 is 2.31 bits per heavy atom. The van der Waals surface area contributed by atoms with Crippen LogP contribution in [0.1, 0.15) is 12.5 Å². The summed E-state index contributed by atoms with van der Waals surface area (Å²) in [5.74, 6) is 0. The van der Waals surface area contributed by atoms with Crippen LogP contribution < -0.4 is 5.73 Å². The Labute approximate surface area is 77.2 Å². The number of aromatic nitrogens is 2. The molecule has 3 nitrogen and oxygen atoms in total. The van der Waals surface area contributed by atoms with Gasteiger partial charge in [0, 0.05) is 24.7 Å². The second kappa shape index (κ2) is 3.18. The highest BCUT2D eigenvalue weighted by Crippen LogP contribution is 2.16. The van der Waals surface area contributed by atoms with E-state index >= 15 is 0 Å². The first kappa shape index (κ1) is 8.26. The van der Waals surface area contributed by atoms with Crippen LogP contribution in [0.25, 0.3) is 10.9 Å². The largest absolute Gasteiger partial charge is 0.326 e. The second-order valence-corrected chi connectivity index (χ2v) is 3.04. The van der Waals surface area contributed by atoms with Crippen LogP contribution in [-0.4, -0.2) is 9.78 Å². The van der Waals surface area contributed by atoms with Crippen molar-refractivity contribution in [2.75, 3.05) is 0 Å². The predicted molar refractivity (Wildman–Crippen MR) is 53.3 cm³/mol. The third-order valence-corrected chi connectivity index (χ3v) is 2.23. The Bertz CT molecular complexity index is 417. The molecule has 2 N–H and O–H groups in total. The van der Waals surface area contributed by atoms with Crippen LogP contribution in [0, 0.1) is 0 Å². The molecule has 0 spiro atoms. The number of rotatable bonds is 2. The monoisotopic (exact) mass is 175 g/mol. The van der Waals surface area contributed by atoms with Crippen LogP contribution in [0.15, 0.2) is 24.4 Å². The van der Waals surface area contributed by atoms with Crippen LogP contribution in [0.5, 0.6) is 0 Å². The van der Waals surface area contributed by atoms with Gasteiger partial charge < -0.3 is 5.73 Å². The van der Waals surface area contributed by atoms with Crippen LogP contribution in [0.4, 0.5) is 0 Å². The molecule has 0 saturated carbocycles. The van der Waals surface area contributed by atoms with Crippen molar-refractivity contribution in [3.05, 3.63) is 30.0 Å². The fraction of sp³-hybridized carbons (Fsp3) is 0.300. The summed E-state index contributed by atoms with van der Waals surface area (Å²) in [5.41, 5.74) is 7.83. The van der Waals surface area contributed by atoms with Gasteiger partial charge in [-0.3, -0.25) is 4.68 Å². The first-order chi connectivity index (χ1) is 6.35. The third kappa shape index (κ3) is 1.31. The Balaban J connectivity index is 2.67. The molecular weight excluding hydrogens is 162 g/mol. The van der Waals surface area contributed by atoms with Crippen molar-refractivity contribution in [3.63, 3.8) is 0 Å². The second-order valence-electron chi connectivity index (χ2n) is 3.04. The SMILES string of the molecule is CCn1cc2c(CN)cccc2n1. The van der Waals surface area contributed by atoms with E-state index in [-0.39, 0.29) is 0 Å². The molecule has 0 atom stereocenters. The topological polar surface area (TPSA) is 43.8 Å². The van der Waals surface area contributed by atoms with Crippen molar-refractivity contribution < 1.29 is 0 Å². The number of fused-ring (bicyclic) bond motifs is 1. The smallest absolute Gasteiger partial charge is 0.0926 e. The van der Waals surface area contributed by atoms with Gasteiger partial charge in [0.15, 0.2) is 0 Å². The van der Waals surface area contributed by atoms with E-state index in [1.807, 2.05) is 22.9 Å². The summed E-state index contributed by atoms with van der Waals surface area (Å²) in [4.78, 5) is 0. The van der Waals surface area contributed by atoms with E-state index in [4.69, 9.17) is 5.73 Å². The minimum Gasteiger partial charge on any atom is -0.326 e. The molecule has 0 aliphatic carbocycles. The molecule has 68 valence electrons. The van der Waals surface area contributed by atoms with E-state index in [1.54, 1.807) is 0 Å². The van der Waals surface area contributed by atoms with E-state index in [0.717, 1.165) is 17.6 Å². The van der Waals surface area contributed by atoms with Gasteiger partial charge in [-0.05, 0) is 18.6 Å². The van der Waals surface area contributed by atoms with Gasteiger partial charge in [-0.25, -0.2) is 0 Å². The molecule has 0 unspecified atom stereocenters. The lowest BCUT2D eigenvalue weighted by atomic mass is 10.1. The van der Waals surface area contributed by atoms with Crippen molar-refractivity contribution in [1.82, 2.24) is 9.78 Å². The lowest BCUT2D eigenvalue weighted by Crippen LogP contribution is -1.95. The standard InChI is InChI=1S/C10H13N3/c1-2-13-7-9-8(6-11)4-3-5-10(9)12-13/h3-5,7H,2,6,11H2,1H3. The molecule has 13 heavy (non-hydrogen) atoms. The Hall–Kier alpha value is -1.35. The van der Waals surface area contributed by atoms with Crippen LogP contribution in [0.2, 0.25) is 0 Å². The fourth-order valence-corrected chi connectivity index (χ4v) is 1.49. The molecule has 1 aromatic carbocycles. The van der Waals surface area contributed by atoms with Gasteiger partial charge in [-0.2, -0.15) is 5.10 Å². The van der Waals surface area contributed by atoms with E-state index in [2.05, 4.69) is 18.2 Å². The highest BCUT2D eigenvalue weighted by molar-refractivity contribution is 5.81. The van der Waals surface area contributed by atoms with Crippen LogP contribution >= 0.6 is 0 Å². The summed E-state index contributed by atoms with van der Waals surface area (Å²) in [7, 11) is 0. The van der Waals surface area contributed by atoms with Crippen LogP contribution in [-0.2, 0) is 13.1 Å². The number of hydrogen-bond acceptors (Lipinski definition) is 2. The summed E-state index contributed by atoms with van der Waals surface area (Å²) in [6.07, 6.45) is 2.05. The predicted octanol–water partition coefficient (Wildman–Crippen LogP) is 1.51. The molecule has 0 amide bonds. The Morgan fingerprint density at radius 1 is 1.46 bits per heavy atom. The van der Waals surface area contributed by atoms with Crippen molar-refractivity contribution in [1.29, 1.82) is 0 Å². The molecule has 0 aliphatic heterocycles. The molecule has 3 heteroatoms. The van der Waals surface area contributed by atoms with Crippen molar-refractivity contribution >= 4 is 10.9 Å². The molecule has 0 saturated heterocycles. The molecule has 1 aromatic heterocycles. The lowest BCUT2D eigenvalue weighted by Gasteiger charge is -1.95. The molecule has 0 radical (unpaired) electrons. The summed E-state index contributed by atoms with van der Waals surface area (Å²) < 4.78 is 1.93. The first-order valence-electron chi connectivity index (χ1n) is 4.50. The van der Waals surface area contributed by atoms with Crippen LogP contribution in [0.3, 0.4) is 0 Å². The maximum atomic E-state index is 5.63. The number of nitrogens with two attached hydrogens (primary N) is 1. The first-order valence-corrected chi connectivity index (χ1v) is 4.50. The van der Waals surface area contributed by atoms with Crippen molar-refractivity contribution in [2.45, 2.75) is 20.0 Å². The molecular formula is C10H13N3. The van der Waals surface area contributed by atoms with Gasteiger partial charge in [0.25, 0.3) is 0 Å². The Morgan fingerprint density at radius 3 is 3.00 bits per heavy atom. The molecule has 0 bridgehead atoms. The van der Waals surface area contributed by atoms with Crippen molar-refractivity contribution in [3.8, 4) is 0 Å². The van der Waals surface area contributed by atoms with Crippen molar-refractivity contribution in [2.24, 2.45) is 5.73 Å². The van der Waals surface area contributed by atoms with E-state index in [9.17, 15) is 0 Å². The normalized spacial score (nSPS) is 10.9. The van der Waals surface area contributed by atoms with Gasteiger partial charge >= 0.3 is 0 Å². The van der Waals surface area contributed by atoms with Gasteiger partial charge in [0.05, 0.1) is 5.52 Å². The minimum absolute atomic E-state index is 0.576. The van der Waals surface area contributed by atoms with E-state index in [0.29, 0.717) is 6.54 Å². The zero-order valence-corrected chi connectivity index (χ0v) is 7.70. The summed E-state index contributed by atoms with van der Waals surface area (Å²) in [6, 6.07) is 6.06. The highest BCUT2D eigenvalue weighted by atomic mass is 15.3. The molecule has 1 heterocycles. The Kier molecular flexibility index (Phi) is 2.02. The number of aryl methyl sites for hydroxylation is 1. The molecule has 2 aromatic rings. The quantitative estimate of drug-likeness (QED) is 0.752. The van der Waals surface area contributed by atoms with Gasteiger partial charge in [-0.1, -0.05) is 12.1 Å². The molecule has 2 rings (SSSR count). The van der Waals surface area contributed by atoms with E-state index in [1.165, 1.54) is 5.39 Å². The average Bonchev–Trinajstić information content (AvgIpc) is 2.59. The van der Waals surface area contributed by atoms with Gasteiger partial charge in [0.1, 0.15) is 0 Å². The van der Waals surface area contributed by atoms with Gasteiger partial charge in [-0.15, -0.1) is 0 Å². The minimum atomic E-state index is 0.576. The van der Waals surface area contributed by atoms with E-state index < -0.39 is 0 Å². The zero-order chi connectivity index (χ0) is 9.26. The zero-order valence-electron chi connectivity index (χ0n) is 7.70. The maximum absolute atomic E-state index is 5.63. The van der Waals surface area contributed by atoms with Gasteiger partial charge in [0.2, 0.25) is 0 Å². The highest BCUT2D eigenvalue weighted by Gasteiger charge is 2.02. The third-order valence-electron chi connectivity index (χ3n) is 2.23.